The van der Waals surface area contributed by atoms with Gasteiger partial charge in [-0.05, 0) is 42.8 Å². The van der Waals surface area contributed by atoms with Crippen molar-refractivity contribution in [1.29, 1.82) is 0 Å². The van der Waals surface area contributed by atoms with Gasteiger partial charge in [0.1, 0.15) is 11.4 Å². The monoisotopic (exact) mass is 287 g/mol. The maximum Gasteiger partial charge on any atom is 0.258 e. The van der Waals surface area contributed by atoms with Crippen LogP contribution in [0.4, 0.5) is 0 Å². The van der Waals surface area contributed by atoms with Crippen molar-refractivity contribution < 1.29 is 9.63 Å². The van der Waals surface area contributed by atoms with Gasteiger partial charge in [0.25, 0.3) is 5.89 Å². The van der Waals surface area contributed by atoms with Crippen molar-refractivity contribution in [2.45, 2.75) is 6.92 Å². The Morgan fingerprint density at radius 3 is 2.80 bits per heavy atom. The van der Waals surface area contributed by atoms with Gasteiger partial charge in [0.2, 0.25) is 5.82 Å². The molecule has 0 fully saturated rings. The normalized spacial score (nSPS) is 10.7. The van der Waals surface area contributed by atoms with E-state index in [2.05, 4.69) is 15.1 Å². The first-order chi connectivity index (χ1) is 9.63. The maximum absolute atomic E-state index is 9.40. The van der Waals surface area contributed by atoms with E-state index in [1.54, 1.807) is 18.3 Å². The summed E-state index contributed by atoms with van der Waals surface area (Å²) in [5, 5.41) is 13.5. The number of halogens is 1. The van der Waals surface area contributed by atoms with Crippen LogP contribution < -0.4 is 0 Å². The Hall–Kier alpha value is -2.40. The van der Waals surface area contributed by atoms with Gasteiger partial charge in [0.15, 0.2) is 0 Å². The highest BCUT2D eigenvalue weighted by Crippen LogP contribution is 2.29. The number of aromatic hydroxyl groups is 1. The zero-order valence-electron chi connectivity index (χ0n) is 10.5. The number of pyridine rings is 1. The second-order valence-electron chi connectivity index (χ2n) is 4.31. The maximum atomic E-state index is 9.40. The van der Waals surface area contributed by atoms with Crippen LogP contribution in [0.15, 0.2) is 41.1 Å². The molecule has 0 bridgehead atoms. The van der Waals surface area contributed by atoms with E-state index in [0.717, 1.165) is 5.56 Å². The Kier molecular flexibility index (Phi) is 3.12. The van der Waals surface area contributed by atoms with Crippen LogP contribution in [-0.2, 0) is 0 Å². The predicted octanol–water partition coefficient (Wildman–Crippen LogP) is 3.47. The van der Waals surface area contributed by atoms with Crippen LogP contribution in [0.2, 0.25) is 5.02 Å². The van der Waals surface area contributed by atoms with Crippen molar-refractivity contribution in [2.24, 2.45) is 0 Å². The quantitative estimate of drug-likeness (QED) is 0.781. The molecule has 2 heterocycles. The third-order valence-electron chi connectivity index (χ3n) is 2.77. The van der Waals surface area contributed by atoms with Crippen LogP contribution in [0.25, 0.3) is 23.0 Å². The lowest BCUT2D eigenvalue weighted by Gasteiger charge is -1.97. The lowest BCUT2D eigenvalue weighted by atomic mass is 10.2. The fourth-order valence-corrected chi connectivity index (χ4v) is 1.92. The van der Waals surface area contributed by atoms with Gasteiger partial charge in [-0.15, -0.1) is 0 Å². The molecule has 0 saturated carbocycles. The van der Waals surface area contributed by atoms with Crippen LogP contribution in [0, 0.1) is 6.92 Å². The summed E-state index contributed by atoms with van der Waals surface area (Å²) < 4.78 is 5.20. The van der Waals surface area contributed by atoms with Crippen molar-refractivity contribution in [2.75, 3.05) is 0 Å². The van der Waals surface area contributed by atoms with Gasteiger partial charge < -0.3 is 9.63 Å². The number of nitrogens with zero attached hydrogens (tertiary/aromatic N) is 3. The Balaban J connectivity index is 1.99. The summed E-state index contributed by atoms with van der Waals surface area (Å²) in [6, 6.07) is 8.47. The molecule has 0 spiro atoms. The van der Waals surface area contributed by atoms with Crippen LogP contribution in [0.5, 0.6) is 5.75 Å². The summed E-state index contributed by atoms with van der Waals surface area (Å²) in [6.07, 6.45) is 1.69. The summed E-state index contributed by atoms with van der Waals surface area (Å²) in [5.74, 6) is 0.744. The molecule has 0 aliphatic rings. The molecule has 3 aromatic rings. The Bertz CT molecular complexity index is 771. The standard InChI is InChI=1S/C14H10ClN3O2/c1-8-4-5-16-11(6-8)13-17-14(20-18-13)9-2-3-12(19)10(15)7-9/h2-7,19H,1H3. The minimum Gasteiger partial charge on any atom is -0.506 e. The fourth-order valence-electron chi connectivity index (χ4n) is 1.74. The van der Waals surface area contributed by atoms with E-state index >= 15 is 0 Å². The Labute approximate surface area is 119 Å². The highest BCUT2D eigenvalue weighted by atomic mass is 35.5. The largest absolute Gasteiger partial charge is 0.506 e. The van der Waals surface area contributed by atoms with Crippen molar-refractivity contribution in [1.82, 2.24) is 15.1 Å². The van der Waals surface area contributed by atoms with Gasteiger partial charge in [-0.3, -0.25) is 4.98 Å². The number of hydrogen-bond acceptors (Lipinski definition) is 5. The molecule has 0 unspecified atom stereocenters. The number of benzene rings is 1. The average molecular weight is 288 g/mol. The highest BCUT2D eigenvalue weighted by Gasteiger charge is 2.12. The molecule has 100 valence electrons. The summed E-state index contributed by atoms with van der Waals surface area (Å²) in [4.78, 5) is 8.48. The van der Waals surface area contributed by atoms with Crippen LogP contribution >= 0.6 is 11.6 Å². The molecule has 5 nitrogen and oxygen atoms in total. The number of hydrogen-bond donors (Lipinski definition) is 1. The first-order valence-corrected chi connectivity index (χ1v) is 6.27. The van der Waals surface area contributed by atoms with Crippen molar-refractivity contribution in [3.8, 4) is 28.7 Å². The van der Waals surface area contributed by atoms with E-state index in [-0.39, 0.29) is 10.8 Å². The van der Waals surface area contributed by atoms with Gasteiger partial charge in [-0.2, -0.15) is 4.98 Å². The van der Waals surface area contributed by atoms with Crippen molar-refractivity contribution in [3.05, 3.63) is 47.1 Å². The SMILES string of the molecule is Cc1ccnc(-c2noc(-c3ccc(O)c(Cl)c3)n2)c1. The van der Waals surface area contributed by atoms with E-state index in [9.17, 15) is 5.11 Å². The fraction of sp³-hybridized carbons (Fsp3) is 0.0714. The molecule has 0 aliphatic heterocycles. The molecule has 0 atom stereocenters. The summed E-state index contributed by atoms with van der Waals surface area (Å²) in [6.45, 7) is 1.96. The van der Waals surface area contributed by atoms with E-state index in [1.807, 2.05) is 19.1 Å². The minimum absolute atomic E-state index is 0.00973. The first kappa shape index (κ1) is 12.6. The predicted molar refractivity (Wildman–Crippen MR) is 74.4 cm³/mol. The summed E-state index contributed by atoms with van der Waals surface area (Å²) in [5.41, 5.74) is 2.35. The average Bonchev–Trinajstić information content (AvgIpc) is 2.92. The first-order valence-electron chi connectivity index (χ1n) is 5.89. The number of aryl methyl sites for hydroxylation is 1. The third kappa shape index (κ3) is 2.35. The van der Waals surface area contributed by atoms with Crippen molar-refractivity contribution >= 4 is 11.6 Å². The Morgan fingerprint density at radius 2 is 2.05 bits per heavy atom. The molecule has 1 aromatic carbocycles. The van der Waals surface area contributed by atoms with E-state index in [1.165, 1.54) is 6.07 Å². The molecule has 0 saturated heterocycles. The molecule has 3 rings (SSSR count). The summed E-state index contributed by atoms with van der Waals surface area (Å²) in [7, 11) is 0. The van der Waals surface area contributed by atoms with E-state index in [4.69, 9.17) is 16.1 Å². The van der Waals surface area contributed by atoms with Crippen LogP contribution in [-0.4, -0.2) is 20.2 Å². The number of aromatic nitrogens is 3. The van der Waals surface area contributed by atoms with E-state index < -0.39 is 0 Å². The molecule has 6 heteroatoms. The summed E-state index contributed by atoms with van der Waals surface area (Å²) >= 11 is 5.86. The number of rotatable bonds is 2. The smallest absolute Gasteiger partial charge is 0.258 e. The van der Waals surface area contributed by atoms with Gasteiger partial charge in [0, 0.05) is 11.8 Å². The molecule has 0 aliphatic carbocycles. The zero-order chi connectivity index (χ0) is 14.1. The second kappa shape index (κ2) is 4.94. The molecule has 0 amide bonds. The van der Waals surface area contributed by atoms with Gasteiger partial charge in [0.05, 0.1) is 5.02 Å². The molecule has 2 aromatic heterocycles. The number of phenols is 1. The van der Waals surface area contributed by atoms with Gasteiger partial charge in [-0.25, -0.2) is 0 Å². The Morgan fingerprint density at radius 1 is 1.20 bits per heavy atom. The van der Waals surface area contributed by atoms with E-state index in [0.29, 0.717) is 23.0 Å². The van der Waals surface area contributed by atoms with Crippen LogP contribution in [0.1, 0.15) is 5.56 Å². The van der Waals surface area contributed by atoms with Gasteiger partial charge in [-0.1, -0.05) is 16.8 Å². The number of phenolic OH excluding ortho intramolecular Hbond substituents is 1. The molecule has 1 N–H and O–H groups in total. The molecule has 20 heavy (non-hydrogen) atoms. The molecule has 0 radical (unpaired) electrons. The van der Waals surface area contributed by atoms with Crippen LogP contribution in [0.3, 0.4) is 0 Å². The zero-order valence-corrected chi connectivity index (χ0v) is 11.3. The lowest BCUT2D eigenvalue weighted by Crippen LogP contribution is -1.86. The van der Waals surface area contributed by atoms with Gasteiger partial charge >= 0.3 is 0 Å². The topological polar surface area (TPSA) is 72.0 Å². The highest BCUT2D eigenvalue weighted by molar-refractivity contribution is 6.32. The molecular weight excluding hydrogens is 278 g/mol. The third-order valence-corrected chi connectivity index (χ3v) is 3.07. The molecular formula is C14H10ClN3O2. The second-order valence-corrected chi connectivity index (χ2v) is 4.71. The lowest BCUT2D eigenvalue weighted by molar-refractivity contribution is 0.432. The minimum atomic E-state index is 0.00973. The van der Waals surface area contributed by atoms with Crippen molar-refractivity contribution in [3.63, 3.8) is 0 Å².